The van der Waals surface area contributed by atoms with E-state index in [1.165, 1.54) is 5.56 Å². The SMILES string of the molecule is CCn1cc(CN2CCNC(C)C2)cn1. The van der Waals surface area contributed by atoms with Crippen molar-refractivity contribution in [2.24, 2.45) is 0 Å². The summed E-state index contributed by atoms with van der Waals surface area (Å²) in [7, 11) is 0. The molecule has 1 aromatic rings. The van der Waals surface area contributed by atoms with E-state index in [-0.39, 0.29) is 0 Å². The summed E-state index contributed by atoms with van der Waals surface area (Å²) in [5, 5.41) is 7.75. The summed E-state index contributed by atoms with van der Waals surface area (Å²) >= 11 is 0. The maximum Gasteiger partial charge on any atom is 0.0534 e. The van der Waals surface area contributed by atoms with Crippen LogP contribution in [0.1, 0.15) is 19.4 Å². The third-order valence-corrected chi connectivity index (χ3v) is 2.87. The zero-order valence-corrected chi connectivity index (χ0v) is 9.61. The predicted molar refractivity (Wildman–Crippen MR) is 60.6 cm³/mol. The molecule has 1 unspecified atom stereocenters. The van der Waals surface area contributed by atoms with Gasteiger partial charge >= 0.3 is 0 Å². The number of nitrogens with zero attached hydrogens (tertiary/aromatic N) is 3. The molecule has 0 aliphatic carbocycles. The van der Waals surface area contributed by atoms with Crippen LogP contribution in [-0.4, -0.2) is 40.4 Å². The zero-order chi connectivity index (χ0) is 10.7. The van der Waals surface area contributed by atoms with Crippen molar-refractivity contribution in [1.82, 2.24) is 20.0 Å². The van der Waals surface area contributed by atoms with E-state index >= 15 is 0 Å². The molecule has 0 aromatic carbocycles. The van der Waals surface area contributed by atoms with Gasteiger partial charge in [0.2, 0.25) is 0 Å². The molecular formula is C11H20N4. The van der Waals surface area contributed by atoms with E-state index < -0.39 is 0 Å². The van der Waals surface area contributed by atoms with E-state index in [9.17, 15) is 0 Å². The van der Waals surface area contributed by atoms with Gasteiger partial charge in [-0.25, -0.2) is 0 Å². The monoisotopic (exact) mass is 208 g/mol. The Morgan fingerprint density at radius 2 is 2.47 bits per heavy atom. The number of nitrogens with one attached hydrogen (secondary N) is 1. The number of aromatic nitrogens is 2. The van der Waals surface area contributed by atoms with Crippen LogP contribution in [0.3, 0.4) is 0 Å². The number of piperazine rings is 1. The first kappa shape index (κ1) is 10.6. The van der Waals surface area contributed by atoms with Gasteiger partial charge in [0, 0.05) is 50.5 Å². The number of hydrogen-bond donors (Lipinski definition) is 1. The Bertz CT molecular complexity index is 307. The summed E-state index contributed by atoms with van der Waals surface area (Å²) in [5.41, 5.74) is 1.32. The maximum atomic E-state index is 4.29. The minimum Gasteiger partial charge on any atom is -0.312 e. The van der Waals surface area contributed by atoms with Crippen molar-refractivity contribution < 1.29 is 0 Å². The molecule has 84 valence electrons. The van der Waals surface area contributed by atoms with Crippen molar-refractivity contribution in [3.05, 3.63) is 18.0 Å². The first-order chi connectivity index (χ1) is 7.28. The van der Waals surface area contributed by atoms with E-state index in [4.69, 9.17) is 0 Å². The second-order valence-corrected chi connectivity index (χ2v) is 4.29. The van der Waals surface area contributed by atoms with Gasteiger partial charge in [0.15, 0.2) is 0 Å². The molecule has 2 heterocycles. The van der Waals surface area contributed by atoms with E-state index in [2.05, 4.69) is 35.4 Å². The largest absolute Gasteiger partial charge is 0.312 e. The van der Waals surface area contributed by atoms with Crippen molar-refractivity contribution in [2.45, 2.75) is 33.0 Å². The standard InChI is InChI=1S/C11H20N4/c1-3-15-9-11(6-13-15)8-14-5-4-12-10(2)7-14/h6,9-10,12H,3-5,7-8H2,1-2H3. The lowest BCUT2D eigenvalue weighted by Gasteiger charge is -2.31. The van der Waals surface area contributed by atoms with Gasteiger partial charge in [-0.15, -0.1) is 0 Å². The Kier molecular flexibility index (Phi) is 3.38. The molecule has 0 spiro atoms. The second kappa shape index (κ2) is 4.77. The molecule has 15 heavy (non-hydrogen) atoms. The fourth-order valence-corrected chi connectivity index (χ4v) is 2.07. The van der Waals surface area contributed by atoms with Crippen LogP contribution in [0.25, 0.3) is 0 Å². The van der Waals surface area contributed by atoms with Crippen LogP contribution in [0.2, 0.25) is 0 Å². The zero-order valence-electron chi connectivity index (χ0n) is 9.61. The highest BCUT2D eigenvalue weighted by molar-refractivity contribution is 5.04. The molecule has 0 bridgehead atoms. The van der Waals surface area contributed by atoms with Crippen molar-refractivity contribution in [1.29, 1.82) is 0 Å². The van der Waals surface area contributed by atoms with Gasteiger partial charge in [-0.1, -0.05) is 0 Å². The van der Waals surface area contributed by atoms with Crippen molar-refractivity contribution in [2.75, 3.05) is 19.6 Å². The lowest BCUT2D eigenvalue weighted by Crippen LogP contribution is -2.48. The van der Waals surface area contributed by atoms with Crippen LogP contribution >= 0.6 is 0 Å². The molecule has 1 fully saturated rings. The normalized spacial score (nSPS) is 23.2. The third kappa shape index (κ3) is 2.79. The Labute approximate surface area is 91.3 Å². The molecule has 1 aliphatic heterocycles. The highest BCUT2D eigenvalue weighted by atomic mass is 15.3. The highest BCUT2D eigenvalue weighted by Gasteiger charge is 2.15. The predicted octanol–water partition coefficient (Wildman–Crippen LogP) is 0.697. The van der Waals surface area contributed by atoms with Crippen LogP contribution in [0.4, 0.5) is 0 Å². The van der Waals surface area contributed by atoms with Crippen LogP contribution in [-0.2, 0) is 13.1 Å². The number of hydrogen-bond acceptors (Lipinski definition) is 3. The molecule has 1 N–H and O–H groups in total. The highest BCUT2D eigenvalue weighted by Crippen LogP contribution is 2.06. The summed E-state index contributed by atoms with van der Waals surface area (Å²) in [6.07, 6.45) is 4.13. The smallest absolute Gasteiger partial charge is 0.0534 e. The summed E-state index contributed by atoms with van der Waals surface area (Å²) in [5.74, 6) is 0. The van der Waals surface area contributed by atoms with Crippen molar-refractivity contribution in [3.8, 4) is 0 Å². The van der Waals surface area contributed by atoms with E-state index in [1.807, 2.05) is 10.9 Å². The average molecular weight is 208 g/mol. The second-order valence-electron chi connectivity index (χ2n) is 4.29. The topological polar surface area (TPSA) is 33.1 Å². The molecule has 1 atom stereocenters. The van der Waals surface area contributed by atoms with E-state index in [0.29, 0.717) is 6.04 Å². The molecule has 2 rings (SSSR count). The minimum absolute atomic E-state index is 0.611. The first-order valence-electron chi connectivity index (χ1n) is 5.75. The van der Waals surface area contributed by atoms with E-state index in [1.54, 1.807) is 0 Å². The van der Waals surface area contributed by atoms with Crippen LogP contribution in [0.15, 0.2) is 12.4 Å². The fraction of sp³-hybridized carbons (Fsp3) is 0.727. The molecule has 1 saturated heterocycles. The van der Waals surface area contributed by atoms with Crippen LogP contribution in [0, 0.1) is 0 Å². The van der Waals surface area contributed by atoms with Crippen LogP contribution < -0.4 is 5.32 Å². The van der Waals surface area contributed by atoms with Gasteiger partial charge in [0.1, 0.15) is 0 Å². The van der Waals surface area contributed by atoms with Gasteiger partial charge in [0.05, 0.1) is 6.20 Å². The summed E-state index contributed by atoms with van der Waals surface area (Å²) in [6, 6.07) is 0.611. The molecule has 0 amide bonds. The third-order valence-electron chi connectivity index (χ3n) is 2.87. The summed E-state index contributed by atoms with van der Waals surface area (Å²) < 4.78 is 1.99. The Hall–Kier alpha value is -0.870. The molecule has 1 aliphatic rings. The lowest BCUT2D eigenvalue weighted by atomic mass is 10.2. The van der Waals surface area contributed by atoms with Crippen LogP contribution in [0.5, 0.6) is 0 Å². The Morgan fingerprint density at radius 1 is 1.60 bits per heavy atom. The number of rotatable bonds is 3. The molecule has 0 radical (unpaired) electrons. The Balaban J connectivity index is 1.90. The first-order valence-corrected chi connectivity index (χ1v) is 5.75. The molecule has 0 saturated carbocycles. The van der Waals surface area contributed by atoms with Gasteiger partial charge in [-0.2, -0.15) is 5.10 Å². The van der Waals surface area contributed by atoms with Gasteiger partial charge in [0.25, 0.3) is 0 Å². The van der Waals surface area contributed by atoms with Crippen molar-refractivity contribution in [3.63, 3.8) is 0 Å². The van der Waals surface area contributed by atoms with E-state index in [0.717, 1.165) is 32.7 Å². The fourth-order valence-electron chi connectivity index (χ4n) is 2.07. The quantitative estimate of drug-likeness (QED) is 0.793. The minimum atomic E-state index is 0.611. The lowest BCUT2D eigenvalue weighted by molar-refractivity contribution is 0.199. The van der Waals surface area contributed by atoms with Crippen molar-refractivity contribution >= 4 is 0 Å². The average Bonchev–Trinajstić information content (AvgIpc) is 2.65. The van der Waals surface area contributed by atoms with Gasteiger partial charge in [-0.3, -0.25) is 9.58 Å². The Morgan fingerprint density at radius 3 is 3.13 bits per heavy atom. The molecular weight excluding hydrogens is 188 g/mol. The molecule has 4 nitrogen and oxygen atoms in total. The summed E-state index contributed by atoms with van der Waals surface area (Å²) in [4.78, 5) is 2.48. The van der Waals surface area contributed by atoms with Gasteiger partial charge in [-0.05, 0) is 13.8 Å². The molecule has 4 heteroatoms. The number of aryl methyl sites for hydroxylation is 1. The summed E-state index contributed by atoms with van der Waals surface area (Å²) in [6.45, 7) is 9.72. The maximum absolute atomic E-state index is 4.29. The molecule has 1 aromatic heterocycles. The van der Waals surface area contributed by atoms with Gasteiger partial charge < -0.3 is 5.32 Å².